The van der Waals surface area contributed by atoms with Crippen molar-refractivity contribution in [1.29, 1.82) is 0 Å². The van der Waals surface area contributed by atoms with Crippen molar-refractivity contribution in [2.45, 2.75) is 43.8 Å². The van der Waals surface area contributed by atoms with E-state index in [2.05, 4.69) is 31.2 Å². The average Bonchev–Trinajstić information content (AvgIpc) is 2.81. The van der Waals surface area contributed by atoms with Gasteiger partial charge in [0.2, 0.25) is 11.8 Å². The zero-order valence-electron chi connectivity index (χ0n) is 17.9. The van der Waals surface area contributed by atoms with Crippen molar-refractivity contribution in [3.05, 3.63) is 54.5 Å². The third-order valence-electron chi connectivity index (χ3n) is 4.89. The van der Waals surface area contributed by atoms with Gasteiger partial charge in [-0.05, 0) is 56.1 Å². The van der Waals surface area contributed by atoms with Crippen LogP contribution in [0, 0.1) is 0 Å². The molecule has 0 atom stereocenters. The second kappa shape index (κ2) is 13.8. The van der Waals surface area contributed by atoms with Gasteiger partial charge in [0.05, 0.1) is 0 Å². The number of pyridine rings is 1. The number of nitrogens with one attached hydrogen (secondary N) is 1. The van der Waals surface area contributed by atoms with Gasteiger partial charge >= 0.3 is 0 Å². The van der Waals surface area contributed by atoms with Crippen LogP contribution in [0.15, 0.2) is 54.1 Å². The molecule has 8 heteroatoms. The van der Waals surface area contributed by atoms with Crippen LogP contribution in [0.3, 0.4) is 0 Å². The first-order chi connectivity index (χ1) is 15.3. The molecule has 3 rings (SSSR count). The molecule has 1 fully saturated rings. The van der Waals surface area contributed by atoms with Gasteiger partial charge in [-0.15, -0.1) is 0 Å². The minimum absolute atomic E-state index is 0.0484. The molecule has 0 saturated carbocycles. The van der Waals surface area contributed by atoms with Crippen molar-refractivity contribution >= 4 is 17.7 Å². The number of carbonyl (C=O) groups excluding carboxylic acids is 1. The normalized spacial score (nSPS) is 14.6. The van der Waals surface area contributed by atoms with Crippen LogP contribution >= 0.6 is 11.8 Å². The minimum atomic E-state index is 0.0484. The van der Waals surface area contributed by atoms with E-state index in [0.29, 0.717) is 25.5 Å². The summed E-state index contributed by atoms with van der Waals surface area (Å²) in [6.45, 7) is 4.24. The number of aromatic nitrogens is 3. The van der Waals surface area contributed by atoms with E-state index in [-0.39, 0.29) is 5.91 Å². The summed E-state index contributed by atoms with van der Waals surface area (Å²) in [7, 11) is 0. The van der Waals surface area contributed by atoms with Gasteiger partial charge in [0.15, 0.2) is 5.16 Å². The maximum absolute atomic E-state index is 11.9. The first-order valence-corrected chi connectivity index (χ1v) is 11.9. The number of piperidine rings is 1. The molecular weight excluding hydrogens is 410 g/mol. The summed E-state index contributed by atoms with van der Waals surface area (Å²) in [5.41, 5.74) is 1.24. The molecule has 3 heterocycles. The monoisotopic (exact) mass is 441 g/mol. The van der Waals surface area contributed by atoms with Crippen LogP contribution in [0.5, 0.6) is 5.88 Å². The minimum Gasteiger partial charge on any atom is -0.473 e. The van der Waals surface area contributed by atoms with Gasteiger partial charge in [0.25, 0.3) is 0 Å². The lowest BCUT2D eigenvalue weighted by molar-refractivity contribution is -0.120. The lowest BCUT2D eigenvalue weighted by atomic mass is 10.1. The van der Waals surface area contributed by atoms with Crippen molar-refractivity contribution in [2.24, 2.45) is 0 Å². The van der Waals surface area contributed by atoms with E-state index in [1.54, 1.807) is 36.4 Å². The van der Waals surface area contributed by atoms with Crippen LogP contribution in [0.4, 0.5) is 0 Å². The molecule has 0 aliphatic carbocycles. The van der Waals surface area contributed by atoms with Crippen LogP contribution in [0.1, 0.15) is 37.7 Å². The SMILES string of the molecule is O=C(CCCSc1ncccn1)NC/C=C\COc1cc(CN2CCCCC2)ccn1. The van der Waals surface area contributed by atoms with E-state index < -0.39 is 0 Å². The number of carbonyl (C=O) groups is 1. The lowest BCUT2D eigenvalue weighted by Gasteiger charge is -2.26. The van der Waals surface area contributed by atoms with Crippen LogP contribution in [-0.4, -0.2) is 57.8 Å². The Morgan fingerprint density at radius 1 is 1.13 bits per heavy atom. The molecule has 1 aliphatic rings. The van der Waals surface area contributed by atoms with Gasteiger partial charge in [-0.25, -0.2) is 15.0 Å². The Labute approximate surface area is 188 Å². The third-order valence-corrected chi connectivity index (χ3v) is 5.85. The van der Waals surface area contributed by atoms with Crippen molar-refractivity contribution in [3.63, 3.8) is 0 Å². The quantitative estimate of drug-likeness (QED) is 0.234. The van der Waals surface area contributed by atoms with Crippen molar-refractivity contribution in [3.8, 4) is 5.88 Å². The van der Waals surface area contributed by atoms with Gasteiger partial charge in [-0.2, -0.15) is 0 Å². The molecule has 0 radical (unpaired) electrons. The third kappa shape index (κ3) is 9.48. The second-order valence-corrected chi connectivity index (χ2v) is 8.47. The van der Waals surface area contributed by atoms with Gasteiger partial charge in [0, 0.05) is 49.9 Å². The number of hydrogen-bond acceptors (Lipinski definition) is 7. The molecular formula is C23H31N5O2S. The first kappa shape index (κ1) is 23.2. The smallest absolute Gasteiger partial charge is 0.220 e. The van der Waals surface area contributed by atoms with Gasteiger partial charge in [0.1, 0.15) is 6.61 Å². The maximum atomic E-state index is 11.9. The van der Waals surface area contributed by atoms with Crippen molar-refractivity contribution in [1.82, 2.24) is 25.2 Å². The molecule has 0 unspecified atom stereocenters. The fraction of sp³-hybridized carbons (Fsp3) is 0.478. The van der Waals surface area contributed by atoms with Crippen molar-refractivity contribution in [2.75, 3.05) is 32.0 Å². The maximum Gasteiger partial charge on any atom is 0.220 e. The Morgan fingerprint density at radius 3 is 2.81 bits per heavy atom. The lowest BCUT2D eigenvalue weighted by Crippen LogP contribution is -2.29. The van der Waals surface area contributed by atoms with Gasteiger partial charge in [-0.3, -0.25) is 9.69 Å². The van der Waals surface area contributed by atoms with E-state index >= 15 is 0 Å². The molecule has 1 amide bonds. The van der Waals surface area contributed by atoms with E-state index in [1.165, 1.54) is 37.9 Å². The first-order valence-electron chi connectivity index (χ1n) is 10.9. The summed E-state index contributed by atoms with van der Waals surface area (Å²) >= 11 is 1.56. The fourth-order valence-electron chi connectivity index (χ4n) is 3.31. The van der Waals surface area contributed by atoms with Gasteiger partial charge < -0.3 is 10.1 Å². The highest BCUT2D eigenvalue weighted by Gasteiger charge is 2.10. The number of thioether (sulfide) groups is 1. The number of likely N-dealkylation sites (tertiary alicyclic amines) is 1. The summed E-state index contributed by atoms with van der Waals surface area (Å²) in [5.74, 6) is 1.51. The molecule has 1 saturated heterocycles. The standard InChI is InChI=1S/C23H31N5O2S/c29-21(8-6-17-31-23-26-11-7-12-27-23)24-10-2-5-16-30-22-18-20(9-13-25-22)19-28-14-3-1-4-15-28/h2,5,7,9,11-13,18H,1,3-4,6,8,10,14-17,19H2,(H,24,29)/b5-2-. The van der Waals surface area contributed by atoms with Gasteiger partial charge in [-0.1, -0.05) is 24.3 Å². The van der Waals surface area contributed by atoms with E-state index in [9.17, 15) is 4.79 Å². The Balaban J connectivity index is 1.24. The highest BCUT2D eigenvalue weighted by molar-refractivity contribution is 7.99. The Hall–Kier alpha value is -2.45. The van der Waals surface area contributed by atoms with E-state index in [0.717, 1.165) is 23.9 Å². The van der Waals surface area contributed by atoms with Crippen LogP contribution in [0.2, 0.25) is 0 Å². The molecule has 31 heavy (non-hydrogen) atoms. The molecule has 2 aromatic rings. The highest BCUT2D eigenvalue weighted by Crippen LogP contribution is 2.16. The van der Waals surface area contributed by atoms with E-state index in [1.807, 2.05) is 18.2 Å². The number of rotatable bonds is 12. The van der Waals surface area contributed by atoms with Crippen LogP contribution < -0.4 is 10.1 Å². The molecule has 0 spiro atoms. The summed E-state index contributed by atoms with van der Waals surface area (Å²) in [6.07, 6.45) is 14.3. The van der Waals surface area contributed by atoms with Crippen molar-refractivity contribution < 1.29 is 9.53 Å². The molecule has 1 aliphatic heterocycles. The summed E-state index contributed by atoms with van der Waals surface area (Å²) in [5, 5.41) is 3.64. The molecule has 0 bridgehead atoms. The predicted molar refractivity (Wildman–Crippen MR) is 123 cm³/mol. The second-order valence-electron chi connectivity index (χ2n) is 7.41. The molecule has 7 nitrogen and oxygen atoms in total. The summed E-state index contributed by atoms with van der Waals surface area (Å²) in [4.78, 5) is 27.0. The van der Waals surface area contributed by atoms with E-state index in [4.69, 9.17) is 4.74 Å². The molecule has 166 valence electrons. The average molecular weight is 442 g/mol. The summed E-state index contributed by atoms with van der Waals surface area (Å²) in [6, 6.07) is 5.86. The highest BCUT2D eigenvalue weighted by atomic mass is 32.2. The molecule has 0 aromatic carbocycles. The predicted octanol–water partition coefficient (Wildman–Crippen LogP) is 3.48. The zero-order valence-corrected chi connectivity index (χ0v) is 18.7. The largest absolute Gasteiger partial charge is 0.473 e. The van der Waals surface area contributed by atoms with Crippen LogP contribution in [0.25, 0.3) is 0 Å². The Morgan fingerprint density at radius 2 is 1.97 bits per heavy atom. The van der Waals surface area contributed by atoms with Crippen LogP contribution in [-0.2, 0) is 11.3 Å². The summed E-state index contributed by atoms with van der Waals surface area (Å²) < 4.78 is 5.72. The number of nitrogens with zero attached hydrogens (tertiary/aromatic N) is 4. The topological polar surface area (TPSA) is 80.2 Å². The molecule has 1 N–H and O–H groups in total. The number of ether oxygens (including phenoxy) is 1. The Bertz CT molecular complexity index is 813. The number of amides is 1. The fourth-order valence-corrected chi connectivity index (χ4v) is 4.05. The zero-order chi connectivity index (χ0) is 21.6. The Kier molecular flexibility index (Phi) is 10.3. The molecule has 2 aromatic heterocycles. The number of hydrogen-bond donors (Lipinski definition) is 1.